The molecule has 2 amide bonds. The van der Waals surface area contributed by atoms with Crippen molar-refractivity contribution in [1.29, 1.82) is 0 Å². The number of sulfone groups is 1. The normalized spacial score (nSPS) is 21.9. The van der Waals surface area contributed by atoms with E-state index in [4.69, 9.17) is 0 Å². The summed E-state index contributed by atoms with van der Waals surface area (Å²) in [7, 11) is -3.66. The van der Waals surface area contributed by atoms with Gasteiger partial charge in [-0.15, -0.1) is 0 Å². The molecule has 29 heavy (non-hydrogen) atoms. The van der Waals surface area contributed by atoms with Gasteiger partial charge in [0.25, 0.3) is 0 Å². The highest BCUT2D eigenvalue weighted by Gasteiger charge is 2.30. The number of piperidine rings is 1. The Kier molecular flexibility index (Phi) is 6.73. The summed E-state index contributed by atoms with van der Waals surface area (Å²) in [6.07, 6.45) is 2.16. The van der Waals surface area contributed by atoms with Gasteiger partial charge in [-0.05, 0) is 58.3 Å². The smallest absolute Gasteiger partial charge is 0.226 e. The Morgan fingerprint density at radius 3 is 2.41 bits per heavy atom. The molecule has 0 radical (unpaired) electrons. The van der Waals surface area contributed by atoms with Crippen molar-refractivity contribution in [2.24, 2.45) is 11.8 Å². The van der Waals surface area contributed by atoms with Gasteiger partial charge in [-0.1, -0.05) is 20.8 Å². The van der Waals surface area contributed by atoms with E-state index >= 15 is 0 Å². The van der Waals surface area contributed by atoms with E-state index in [1.807, 2.05) is 0 Å². The molecule has 2 atom stereocenters. The van der Waals surface area contributed by atoms with Crippen molar-refractivity contribution >= 4 is 43.3 Å². The highest BCUT2D eigenvalue weighted by atomic mass is 79.9. The molecule has 0 unspecified atom stereocenters. The Balaban J connectivity index is 1.76. The number of anilines is 1. The standard InChI is InChI=1S/C21H29BrN2O4S/c1-4-20(25)24-7-5-16-10-17(22)19(11-18(16)24)29(27,28)8-6-21(26)23-12-14(2)9-15(3)13-23/h10-11,14-15H,4-9,12-13H2,1-3H3/t14-,15+. The number of nitrogens with zero attached hydrogens (tertiary/aromatic N) is 2. The average Bonchev–Trinajstić information content (AvgIpc) is 3.06. The molecular formula is C21H29BrN2O4S. The van der Waals surface area contributed by atoms with Gasteiger partial charge in [0.05, 0.1) is 10.6 Å². The summed E-state index contributed by atoms with van der Waals surface area (Å²) in [6.45, 7) is 8.00. The number of rotatable bonds is 5. The molecule has 0 aliphatic carbocycles. The van der Waals surface area contributed by atoms with Crippen molar-refractivity contribution < 1.29 is 18.0 Å². The van der Waals surface area contributed by atoms with Crippen molar-refractivity contribution in [3.05, 3.63) is 22.2 Å². The molecule has 1 saturated heterocycles. The van der Waals surface area contributed by atoms with Gasteiger partial charge in [0.2, 0.25) is 11.8 Å². The van der Waals surface area contributed by atoms with Crippen LogP contribution in [0.1, 0.15) is 45.6 Å². The Labute approximate surface area is 181 Å². The summed E-state index contributed by atoms with van der Waals surface area (Å²) >= 11 is 3.38. The predicted octanol–water partition coefficient (Wildman–Crippen LogP) is 3.42. The minimum atomic E-state index is -3.66. The lowest BCUT2D eigenvalue weighted by Crippen LogP contribution is -2.43. The molecule has 2 aliphatic heterocycles. The number of fused-ring (bicyclic) bond motifs is 1. The average molecular weight is 485 g/mol. The molecule has 1 aromatic rings. The summed E-state index contributed by atoms with van der Waals surface area (Å²) < 4.78 is 26.5. The molecule has 3 rings (SSSR count). The van der Waals surface area contributed by atoms with Crippen LogP contribution in [0.5, 0.6) is 0 Å². The summed E-state index contributed by atoms with van der Waals surface area (Å²) in [4.78, 5) is 28.4. The van der Waals surface area contributed by atoms with E-state index < -0.39 is 9.84 Å². The molecule has 160 valence electrons. The maximum Gasteiger partial charge on any atom is 0.226 e. The van der Waals surface area contributed by atoms with Crippen LogP contribution in [0.4, 0.5) is 5.69 Å². The number of hydrogen-bond donors (Lipinski definition) is 0. The number of halogens is 1. The van der Waals surface area contributed by atoms with Gasteiger partial charge in [-0.2, -0.15) is 0 Å². The second-order valence-electron chi connectivity index (χ2n) is 8.37. The van der Waals surface area contributed by atoms with Crippen LogP contribution in [-0.4, -0.2) is 50.5 Å². The third kappa shape index (κ3) is 4.85. The number of amides is 2. The molecule has 0 bridgehead atoms. The first kappa shape index (κ1) is 22.3. The zero-order valence-corrected chi connectivity index (χ0v) is 19.7. The molecule has 6 nitrogen and oxygen atoms in total. The predicted molar refractivity (Wildman–Crippen MR) is 117 cm³/mol. The van der Waals surface area contributed by atoms with Crippen molar-refractivity contribution in [3.8, 4) is 0 Å². The van der Waals surface area contributed by atoms with Crippen LogP contribution < -0.4 is 4.90 Å². The van der Waals surface area contributed by atoms with Gasteiger partial charge in [0.1, 0.15) is 0 Å². The molecule has 2 heterocycles. The molecule has 0 saturated carbocycles. The van der Waals surface area contributed by atoms with Crippen LogP contribution in [0.15, 0.2) is 21.5 Å². The number of hydrogen-bond acceptors (Lipinski definition) is 4. The third-order valence-corrected chi connectivity index (χ3v) is 8.44. The zero-order chi connectivity index (χ0) is 21.3. The monoisotopic (exact) mass is 484 g/mol. The Morgan fingerprint density at radius 1 is 1.14 bits per heavy atom. The van der Waals surface area contributed by atoms with E-state index in [9.17, 15) is 18.0 Å². The van der Waals surface area contributed by atoms with Crippen LogP contribution in [-0.2, 0) is 25.8 Å². The second-order valence-corrected chi connectivity index (χ2v) is 11.3. The fourth-order valence-corrected chi connectivity index (χ4v) is 6.87. The van der Waals surface area contributed by atoms with Crippen molar-refractivity contribution in [2.75, 3.05) is 30.3 Å². The molecule has 8 heteroatoms. The van der Waals surface area contributed by atoms with Crippen LogP contribution in [0, 0.1) is 11.8 Å². The third-order valence-electron chi connectivity index (χ3n) is 5.77. The van der Waals surface area contributed by atoms with Crippen LogP contribution in [0.3, 0.4) is 0 Å². The van der Waals surface area contributed by atoms with Crippen molar-refractivity contribution in [2.45, 2.75) is 51.3 Å². The summed E-state index contributed by atoms with van der Waals surface area (Å²) in [5, 5.41) is 0. The van der Waals surface area contributed by atoms with Gasteiger partial charge in [0, 0.05) is 42.6 Å². The van der Waals surface area contributed by atoms with Crippen LogP contribution in [0.25, 0.3) is 0 Å². The molecule has 1 aromatic carbocycles. The lowest BCUT2D eigenvalue weighted by molar-refractivity contribution is -0.133. The Bertz CT molecular complexity index is 906. The number of likely N-dealkylation sites (tertiary alicyclic amines) is 1. The first-order chi connectivity index (χ1) is 13.6. The number of carbonyl (C=O) groups is 2. The van der Waals surface area contributed by atoms with Gasteiger partial charge in [-0.3, -0.25) is 9.59 Å². The quantitative estimate of drug-likeness (QED) is 0.641. The summed E-state index contributed by atoms with van der Waals surface area (Å²) in [6, 6.07) is 3.38. The second kappa shape index (κ2) is 8.76. The topological polar surface area (TPSA) is 74.8 Å². The van der Waals surface area contributed by atoms with E-state index in [0.717, 1.165) is 12.0 Å². The molecule has 1 fully saturated rings. The van der Waals surface area contributed by atoms with Crippen LogP contribution >= 0.6 is 15.9 Å². The highest BCUT2D eigenvalue weighted by molar-refractivity contribution is 9.10. The minimum absolute atomic E-state index is 0.0158. The summed E-state index contributed by atoms with van der Waals surface area (Å²) in [5.41, 5.74) is 1.63. The molecule has 0 spiro atoms. The van der Waals surface area contributed by atoms with Gasteiger partial charge >= 0.3 is 0 Å². The highest BCUT2D eigenvalue weighted by Crippen LogP contribution is 2.36. The lowest BCUT2D eigenvalue weighted by atomic mass is 9.92. The first-order valence-corrected chi connectivity index (χ1v) is 12.7. The minimum Gasteiger partial charge on any atom is -0.342 e. The maximum atomic E-state index is 13.0. The van der Waals surface area contributed by atoms with Crippen LogP contribution in [0.2, 0.25) is 0 Å². The van der Waals surface area contributed by atoms with E-state index in [0.29, 0.717) is 54.5 Å². The molecule has 2 aliphatic rings. The van der Waals surface area contributed by atoms with E-state index in [1.54, 1.807) is 28.9 Å². The largest absolute Gasteiger partial charge is 0.342 e. The maximum absolute atomic E-state index is 13.0. The summed E-state index contributed by atoms with van der Waals surface area (Å²) in [5.74, 6) is 0.522. The van der Waals surface area contributed by atoms with Gasteiger partial charge in [0.15, 0.2) is 9.84 Å². The fraction of sp³-hybridized carbons (Fsp3) is 0.619. The molecular weight excluding hydrogens is 456 g/mol. The molecule has 0 N–H and O–H groups in total. The Morgan fingerprint density at radius 2 is 1.79 bits per heavy atom. The first-order valence-electron chi connectivity index (χ1n) is 10.3. The van der Waals surface area contributed by atoms with E-state index in [2.05, 4.69) is 29.8 Å². The van der Waals surface area contributed by atoms with Crippen molar-refractivity contribution in [3.63, 3.8) is 0 Å². The lowest BCUT2D eigenvalue weighted by Gasteiger charge is -2.35. The zero-order valence-electron chi connectivity index (χ0n) is 17.3. The SMILES string of the molecule is CCC(=O)N1CCc2cc(Br)c(S(=O)(=O)CCC(=O)N3C[C@H](C)C[C@H](C)C3)cc21. The van der Waals surface area contributed by atoms with Crippen molar-refractivity contribution in [1.82, 2.24) is 4.90 Å². The Hall–Kier alpha value is -1.41. The number of carbonyl (C=O) groups excluding carboxylic acids is 2. The van der Waals surface area contributed by atoms with E-state index in [-0.39, 0.29) is 28.9 Å². The fourth-order valence-electron chi connectivity index (χ4n) is 4.43. The van der Waals surface area contributed by atoms with Gasteiger partial charge < -0.3 is 9.80 Å². The van der Waals surface area contributed by atoms with E-state index in [1.165, 1.54) is 0 Å². The molecule has 0 aromatic heterocycles. The van der Waals surface area contributed by atoms with Gasteiger partial charge in [-0.25, -0.2) is 8.42 Å². The number of benzene rings is 1.